The predicted octanol–water partition coefficient (Wildman–Crippen LogP) is 10.9. The first-order chi connectivity index (χ1) is 22.4. The van der Waals surface area contributed by atoms with E-state index in [0.717, 1.165) is 65.7 Å². The molecule has 0 fully saturated rings. The minimum absolute atomic E-state index is 0.100. The van der Waals surface area contributed by atoms with Gasteiger partial charge in [0.15, 0.2) is 11.3 Å². The van der Waals surface area contributed by atoms with Gasteiger partial charge in [-0.25, -0.2) is 0 Å². The zero-order valence-electron chi connectivity index (χ0n) is 24.9. The lowest BCUT2D eigenvalue weighted by Crippen LogP contribution is -1.94. The van der Waals surface area contributed by atoms with Gasteiger partial charge in [0.1, 0.15) is 5.58 Å². The van der Waals surface area contributed by atoms with E-state index < -0.39 is 23.0 Å². The highest BCUT2D eigenvalue weighted by atomic mass is 16.4. The number of phenolic OH excluding ortho intramolecular Hbond substituents is 4. The molecule has 1 aromatic heterocycles. The van der Waals surface area contributed by atoms with Gasteiger partial charge in [-0.05, 0) is 90.8 Å². The predicted molar refractivity (Wildman–Crippen MR) is 189 cm³/mol. The fraction of sp³-hybridized carbons (Fsp3) is 0.0244. The minimum atomic E-state index is -0.830. The summed E-state index contributed by atoms with van der Waals surface area (Å²) in [6.07, 6.45) is 6.10. The summed E-state index contributed by atoms with van der Waals surface area (Å²) in [6, 6.07) is 33.1. The van der Waals surface area contributed by atoms with Crippen molar-refractivity contribution in [1.29, 1.82) is 0 Å². The van der Waals surface area contributed by atoms with Crippen molar-refractivity contribution in [3.05, 3.63) is 121 Å². The van der Waals surface area contributed by atoms with Crippen LogP contribution in [0.15, 0.2) is 114 Å². The second-order valence-corrected chi connectivity index (χ2v) is 11.4. The van der Waals surface area contributed by atoms with Gasteiger partial charge in [-0.2, -0.15) is 0 Å². The Kier molecular flexibility index (Phi) is 6.05. The summed E-state index contributed by atoms with van der Waals surface area (Å²) < 4.78 is 5.84. The molecule has 0 saturated carbocycles. The number of hydrogen-bond acceptors (Lipinski definition) is 5. The van der Waals surface area contributed by atoms with E-state index in [2.05, 4.69) is 85.5 Å². The number of fused-ring (bicyclic) bond motifs is 6. The molecule has 4 N–H and O–H groups in total. The maximum atomic E-state index is 10.8. The second-order valence-electron chi connectivity index (χ2n) is 11.4. The molecule has 8 aromatic rings. The van der Waals surface area contributed by atoms with Gasteiger partial charge >= 0.3 is 0 Å². The summed E-state index contributed by atoms with van der Waals surface area (Å²) >= 11 is 0. The quantitative estimate of drug-likeness (QED) is 0.0916. The summed E-state index contributed by atoms with van der Waals surface area (Å²) in [6.45, 7) is 6.15. The van der Waals surface area contributed by atoms with Crippen LogP contribution in [0.4, 0.5) is 0 Å². The molecule has 1 heterocycles. The molecular weight excluding hydrogens is 572 g/mol. The molecule has 5 nitrogen and oxygen atoms in total. The Labute approximate surface area is 263 Å². The van der Waals surface area contributed by atoms with Crippen LogP contribution < -0.4 is 0 Å². The zero-order chi connectivity index (χ0) is 31.7. The van der Waals surface area contributed by atoms with E-state index in [4.69, 9.17) is 4.42 Å². The fourth-order valence-corrected chi connectivity index (χ4v) is 7.01. The molecule has 0 bridgehead atoms. The average Bonchev–Trinajstić information content (AvgIpc) is 3.48. The van der Waals surface area contributed by atoms with Crippen LogP contribution in [0.2, 0.25) is 0 Å². The van der Waals surface area contributed by atoms with Gasteiger partial charge in [0.25, 0.3) is 0 Å². The summed E-state index contributed by atoms with van der Waals surface area (Å²) in [7, 11) is 0. The largest absolute Gasteiger partial charge is 0.504 e. The monoisotopic (exact) mass is 600 g/mol. The summed E-state index contributed by atoms with van der Waals surface area (Å²) in [5.74, 6) is -2.82. The number of hydrogen-bond donors (Lipinski definition) is 4. The number of phenols is 4. The molecule has 0 aliphatic rings. The number of benzene rings is 7. The van der Waals surface area contributed by atoms with E-state index in [1.165, 1.54) is 0 Å². The number of furan rings is 1. The van der Waals surface area contributed by atoms with Crippen LogP contribution in [0, 0.1) is 0 Å². The van der Waals surface area contributed by atoms with E-state index >= 15 is 0 Å². The topological polar surface area (TPSA) is 94.1 Å². The molecular formula is C41H28O5. The standard InChI is InChI=1S/C41H28O5/c1-3-11-22-20-31(26-13-6-5-12-25(26)24(22)4-2)35-29-16-9-7-14-27(29)34(28-15-8-10-17-30(28)35)23-18-19-33-32(21-23)36-37(42)38(43)39(44)40(45)41(36)46-33/h3-21,42-45H,2H2,1H3/b11-3-. The number of rotatable bonds is 4. The van der Waals surface area contributed by atoms with Crippen molar-refractivity contribution in [3.63, 3.8) is 0 Å². The summed E-state index contributed by atoms with van der Waals surface area (Å²) in [5, 5.41) is 48.9. The van der Waals surface area contributed by atoms with Gasteiger partial charge in [0, 0.05) is 5.39 Å². The molecule has 0 radical (unpaired) electrons. The third kappa shape index (κ3) is 3.75. The second kappa shape index (κ2) is 10.2. The van der Waals surface area contributed by atoms with Crippen LogP contribution in [0.5, 0.6) is 23.0 Å². The third-order valence-electron chi connectivity index (χ3n) is 8.97. The fourth-order valence-electron chi connectivity index (χ4n) is 7.01. The smallest absolute Gasteiger partial charge is 0.208 e. The lowest BCUT2D eigenvalue weighted by Gasteiger charge is -2.20. The van der Waals surface area contributed by atoms with Crippen LogP contribution in [0.25, 0.3) is 88.7 Å². The van der Waals surface area contributed by atoms with Crippen molar-refractivity contribution < 1.29 is 24.8 Å². The third-order valence-corrected chi connectivity index (χ3v) is 8.97. The normalized spacial score (nSPS) is 11.9. The highest BCUT2D eigenvalue weighted by Crippen LogP contribution is 2.53. The molecule has 0 unspecified atom stereocenters. The van der Waals surface area contributed by atoms with Crippen LogP contribution in [-0.2, 0) is 0 Å². The van der Waals surface area contributed by atoms with Gasteiger partial charge in [0.05, 0.1) is 5.39 Å². The van der Waals surface area contributed by atoms with Gasteiger partial charge in [0.2, 0.25) is 17.2 Å². The molecule has 0 aliphatic heterocycles. The van der Waals surface area contributed by atoms with Gasteiger partial charge in [-0.3, -0.25) is 0 Å². The molecule has 8 rings (SSSR count). The van der Waals surface area contributed by atoms with Crippen molar-refractivity contribution in [2.75, 3.05) is 0 Å². The van der Waals surface area contributed by atoms with Crippen LogP contribution in [0.3, 0.4) is 0 Å². The first-order valence-electron chi connectivity index (χ1n) is 15.0. The SMILES string of the molecule is C=Cc1c(/C=C\C)cc(-c2c3ccccc3c(-c3ccc4oc5c(O)c(O)c(O)c(O)c5c4c3)c3ccccc23)c2ccccc12. The van der Waals surface area contributed by atoms with Crippen LogP contribution >= 0.6 is 0 Å². The van der Waals surface area contributed by atoms with Crippen LogP contribution in [0.1, 0.15) is 18.1 Å². The molecule has 0 aliphatic carbocycles. The number of allylic oxidation sites excluding steroid dienone is 1. The van der Waals surface area contributed by atoms with Crippen molar-refractivity contribution >= 4 is 66.4 Å². The van der Waals surface area contributed by atoms with E-state index in [0.29, 0.717) is 11.0 Å². The molecule has 0 spiro atoms. The minimum Gasteiger partial charge on any atom is -0.504 e. The molecule has 222 valence electrons. The van der Waals surface area contributed by atoms with E-state index in [1.54, 1.807) is 6.07 Å². The van der Waals surface area contributed by atoms with Crippen molar-refractivity contribution in [2.24, 2.45) is 0 Å². The van der Waals surface area contributed by atoms with Crippen molar-refractivity contribution in [1.82, 2.24) is 0 Å². The Hall–Kier alpha value is -6.20. The Morgan fingerprint density at radius 3 is 1.76 bits per heavy atom. The highest BCUT2D eigenvalue weighted by molar-refractivity contribution is 6.25. The lowest BCUT2D eigenvalue weighted by molar-refractivity contribution is 0.348. The van der Waals surface area contributed by atoms with E-state index in [9.17, 15) is 20.4 Å². The first kappa shape index (κ1) is 27.4. The van der Waals surface area contributed by atoms with E-state index in [1.807, 2.05) is 37.3 Å². The van der Waals surface area contributed by atoms with Crippen LogP contribution in [-0.4, -0.2) is 20.4 Å². The maximum Gasteiger partial charge on any atom is 0.208 e. The Balaban J connectivity index is 1.51. The molecule has 0 saturated heterocycles. The lowest BCUT2D eigenvalue weighted by atomic mass is 9.83. The molecule has 5 heteroatoms. The molecule has 46 heavy (non-hydrogen) atoms. The summed E-state index contributed by atoms with van der Waals surface area (Å²) in [4.78, 5) is 0. The van der Waals surface area contributed by atoms with Gasteiger partial charge < -0.3 is 24.8 Å². The average molecular weight is 601 g/mol. The Morgan fingerprint density at radius 2 is 1.15 bits per heavy atom. The number of aromatic hydroxyl groups is 4. The maximum absolute atomic E-state index is 10.8. The first-order valence-corrected chi connectivity index (χ1v) is 15.0. The molecule has 7 aromatic carbocycles. The zero-order valence-corrected chi connectivity index (χ0v) is 24.9. The molecule has 0 atom stereocenters. The van der Waals surface area contributed by atoms with E-state index in [-0.39, 0.29) is 11.0 Å². The summed E-state index contributed by atoms with van der Waals surface area (Å²) in [5.41, 5.74) is 6.60. The Morgan fingerprint density at radius 1 is 0.587 bits per heavy atom. The van der Waals surface area contributed by atoms with Crippen molar-refractivity contribution in [2.45, 2.75) is 6.92 Å². The van der Waals surface area contributed by atoms with Crippen molar-refractivity contribution in [3.8, 4) is 45.3 Å². The van der Waals surface area contributed by atoms with Gasteiger partial charge in [-0.1, -0.05) is 104 Å². The molecule has 0 amide bonds. The Bertz CT molecular complexity index is 2550. The highest BCUT2D eigenvalue weighted by Gasteiger charge is 2.25. The van der Waals surface area contributed by atoms with Gasteiger partial charge in [-0.15, -0.1) is 0 Å².